The van der Waals surface area contributed by atoms with E-state index in [4.69, 9.17) is 9.47 Å². The quantitative estimate of drug-likeness (QED) is 0.819. The standard InChI is InChI=1S/C18H17F3N4O2/c19-18(20,21)11-27-17-15-13(2-4-23-17)10-24-16(15)12-1-3-22-14(9-12)25-5-7-26-8-6-25/h1-4,9H,5-8,10-11H2. The van der Waals surface area contributed by atoms with Crippen molar-refractivity contribution in [2.45, 2.75) is 12.7 Å². The zero-order valence-electron chi connectivity index (χ0n) is 14.4. The minimum absolute atomic E-state index is 0.0502. The monoisotopic (exact) mass is 378 g/mol. The lowest BCUT2D eigenvalue weighted by molar-refractivity contribution is -0.154. The molecule has 4 rings (SSSR count). The molecule has 0 radical (unpaired) electrons. The van der Waals surface area contributed by atoms with E-state index in [-0.39, 0.29) is 5.88 Å². The molecule has 1 saturated heterocycles. The first-order chi connectivity index (χ1) is 13.0. The number of fused-ring (bicyclic) bond motifs is 1. The zero-order valence-corrected chi connectivity index (χ0v) is 14.4. The van der Waals surface area contributed by atoms with Crippen molar-refractivity contribution in [2.75, 3.05) is 37.8 Å². The molecule has 0 aromatic carbocycles. The molecule has 27 heavy (non-hydrogen) atoms. The number of aliphatic imine (C=N–C) groups is 1. The van der Waals surface area contributed by atoms with Crippen molar-refractivity contribution in [2.24, 2.45) is 4.99 Å². The highest BCUT2D eigenvalue weighted by Gasteiger charge is 2.31. The Balaban J connectivity index is 1.64. The Hall–Kier alpha value is -2.68. The highest BCUT2D eigenvalue weighted by atomic mass is 19.4. The maximum absolute atomic E-state index is 12.6. The molecule has 2 aromatic rings. The van der Waals surface area contributed by atoms with E-state index in [1.807, 2.05) is 6.07 Å². The number of hydrogen-bond acceptors (Lipinski definition) is 6. The van der Waals surface area contributed by atoms with Crippen LogP contribution in [0.15, 0.2) is 35.6 Å². The van der Waals surface area contributed by atoms with Gasteiger partial charge in [0.2, 0.25) is 5.88 Å². The van der Waals surface area contributed by atoms with Crippen molar-refractivity contribution < 1.29 is 22.6 Å². The van der Waals surface area contributed by atoms with Gasteiger partial charge in [0, 0.05) is 31.0 Å². The largest absolute Gasteiger partial charge is 0.468 e. The predicted octanol–water partition coefficient (Wildman–Crippen LogP) is 2.61. The topological polar surface area (TPSA) is 59.8 Å². The van der Waals surface area contributed by atoms with Gasteiger partial charge in [-0.15, -0.1) is 0 Å². The lowest BCUT2D eigenvalue weighted by atomic mass is 10.0. The molecule has 0 unspecified atom stereocenters. The van der Waals surface area contributed by atoms with Gasteiger partial charge in [0.1, 0.15) is 5.82 Å². The van der Waals surface area contributed by atoms with E-state index < -0.39 is 12.8 Å². The second-order valence-corrected chi connectivity index (χ2v) is 6.22. The average molecular weight is 378 g/mol. The molecule has 0 atom stereocenters. The third-order valence-electron chi connectivity index (χ3n) is 4.37. The smallest absolute Gasteiger partial charge is 0.422 e. The number of morpholine rings is 1. The number of anilines is 1. The highest BCUT2D eigenvalue weighted by Crippen LogP contribution is 2.31. The van der Waals surface area contributed by atoms with E-state index in [9.17, 15) is 13.2 Å². The Morgan fingerprint density at radius 2 is 1.89 bits per heavy atom. The van der Waals surface area contributed by atoms with Gasteiger partial charge >= 0.3 is 6.18 Å². The van der Waals surface area contributed by atoms with Crippen molar-refractivity contribution in [3.8, 4) is 5.88 Å². The number of pyridine rings is 2. The number of aromatic nitrogens is 2. The fourth-order valence-electron chi connectivity index (χ4n) is 3.13. The van der Waals surface area contributed by atoms with Gasteiger partial charge in [0.15, 0.2) is 6.61 Å². The Morgan fingerprint density at radius 3 is 2.67 bits per heavy atom. The molecule has 2 aromatic heterocycles. The van der Waals surface area contributed by atoms with E-state index in [2.05, 4.69) is 19.9 Å². The lowest BCUT2D eigenvalue weighted by Gasteiger charge is -2.28. The summed E-state index contributed by atoms with van der Waals surface area (Å²) in [6.45, 7) is 1.73. The van der Waals surface area contributed by atoms with Gasteiger partial charge in [0.05, 0.1) is 31.0 Å². The fraction of sp³-hybridized carbons (Fsp3) is 0.389. The van der Waals surface area contributed by atoms with E-state index in [0.717, 1.165) is 30.0 Å². The summed E-state index contributed by atoms with van der Waals surface area (Å²) < 4.78 is 48.0. The lowest BCUT2D eigenvalue weighted by Crippen LogP contribution is -2.36. The Morgan fingerprint density at radius 1 is 1.11 bits per heavy atom. The average Bonchev–Trinajstić information content (AvgIpc) is 3.11. The van der Waals surface area contributed by atoms with Crippen LogP contribution < -0.4 is 9.64 Å². The Labute approximate surface area is 153 Å². The molecular formula is C18H17F3N4O2. The van der Waals surface area contributed by atoms with Crippen LogP contribution in [0.25, 0.3) is 0 Å². The Kier molecular flexibility index (Phi) is 4.69. The number of ether oxygens (including phenoxy) is 2. The van der Waals surface area contributed by atoms with E-state index in [1.54, 1.807) is 18.3 Å². The Bertz CT molecular complexity index is 864. The van der Waals surface area contributed by atoms with Crippen LogP contribution in [0.5, 0.6) is 5.88 Å². The van der Waals surface area contributed by atoms with Gasteiger partial charge in [-0.1, -0.05) is 0 Å². The second-order valence-electron chi connectivity index (χ2n) is 6.22. The van der Waals surface area contributed by atoms with Crippen molar-refractivity contribution in [1.82, 2.24) is 9.97 Å². The molecule has 4 heterocycles. The van der Waals surface area contributed by atoms with Gasteiger partial charge in [-0.25, -0.2) is 9.97 Å². The molecule has 0 saturated carbocycles. The number of rotatable bonds is 4. The molecule has 0 bridgehead atoms. The van der Waals surface area contributed by atoms with E-state index >= 15 is 0 Å². The summed E-state index contributed by atoms with van der Waals surface area (Å²) in [6.07, 6.45) is -1.32. The number of nitrogens with zero attached hydrogens (tertiary/aromatic N) is 4. The summed E-state index contributed by atoms with van der Waals surface area (Å²) in [6, 6.07) is 5.43. The number of hydrogen-bond donors (Lipinski definition) is 0. The normalized spacial score (nSPS) is 16.9. The highest BCUT2D eigenvalue weighted by molar-refractivity contribution is 6.16. The number of alkyl halides is 3. The SMILES string of the molecule is FC(F)(F)COc1nccc2c1C(c1ccnc(N3CCOCC3)c1)=NC2. The van der Waals surface area contributed by atoms with Crippen molar-refractivity contribution in [3.63, 3.8) is 0 Å². The molecule has 6 nitrogen and oxygen atoms in total. The third kappa shape index (κ3) is 3.87. The van der Waals surface area contributed by atoms with Gasteiger partial charge in [-0.2, -0.15) is 13.2 Å². The first kappa shape index (κ1) is 17.7. The van der Waals surface area contributed by atoms with Crippen LogP contribution in [0.1, 0.15) is 16.7 Å². The van der Waals surface area contributed by atoms with Gasteiger partial charge in [-0.3, -0.25) is 4.99 Å². The molecule has 142 valence electrons. The van der Waals surface area contributed by atoms with Gasteiger partial charge in [0.25, 0.3) is 0 Å². The molecular weight excluding hydrogens is 361 g/mol. The van der Waals surface area contributed by atoms with Crippen LogP contribution in [0, 0.1) is 0 Å². The summed E-state index contributed by atoms with van der Waals surface area (Å²) in [4.78, 5) is 15.0. The fourth-order valence-corrected chi connectivity index (χ4v) is 3.13. The molecule has 0 spiro atoms. The predicted molar refractivity (Wildman–Crippen MR) is 92.4 cm³/mol. The van der Waals surface area contributed by atoms with Crippen molar-refractivity contribution >= 4 is 11.5 Å². The van der Waals surface area contributed by atoms with Crippen LogP contribution in [0.4, 0.5) is 19.0 Å². The van der Waals surface area contributed by atoms with E-state index in [1.165, 1.54) is 6.20 Å². The van der Waals surface area contributed by atoms with Crippen molar-refractivity contribution in [1.29, 1.82) is 0 Å². The maximum Gasteiger partial charge on any atom is 0.422 e. The van der Waals surface area contributed by atoms with Gasteiger partial charge in [-0.05, 0) is 23.8 Å². The van der Waals surface area contributed by atoms with Gasteiger partial charge < -0.3 is 14.4 Å². The minimum atomic E-state index is -4.43. The second kappa shape index (κ2) is 7.15. The van der Waals surface area contributed by atoms with Crippen LogP contribution >= 0.6 is 0 Å². The number of halogens is 3. The molecule has 0 N–H and O–H groups in total. The molecule has 0 amide bonds. The van der Waals surface area contributed by atoms with Crippen LogP contribution in [-0.4, -0.2) is 54.8 Å². The summed E-state index contributed by atoms with van der Waals surface area (Å²) in [5.41, 5.74) is 2.66. The first-order valence-electron chi connectivity index (χ1n) is 8.53. The van der Waals surface area contributed by atoms with Crippen molar-refractivity contribution in [3.05, 3.63) is 47.3 Å². The summed E-state index contributed by atoms with van der Waals surface area (Å²) in [5.74, 6) is 0.736. The van der Waals surface area contributed by atoms with Crippen LogP contribution in [0.3, 0.4) is 0 Å². The molecule has 2 aliphatic rings. The maximum atomic E-state index is 12.6. The third-order valence-corrected chi connectivity index (χ3v) is 4.37. The van der Waals surface area contributed by atoms with Crippen LogP contribution in [-0.2, 0) is 11.3 Å². The summed E-state index contributed by atoms with van der Waals surface area (Å²) in [5, 5.41) is 0. The summed E-state index contributed by atoms with van der Waals surface area (Å²) >= 11 is 0. The first-order valence-corrected chi connectivity index (χ1v) is 8.53. The van der Waals surface area contributed by atoms with E-state index in [0.29, 0.717) is 31.0 Å². The molecule has 1 fully saturated rings. The molecule has 2 aliphatic heterocycles. The van der Waals surface area contributed by atoms with Crippen LogP contribution in [0.2, 0.25) is 0 Å². The summed E-state index contributed by atoms with van der Waals surface area (Å²) in [7, 11) is 0. The molecule has 9 heteroatoms. The zero-order chi connectivity index (χ0) is 18.9. The minimum Gasteiger partial charge on any atom is -0.468 e. The molecule has 0 aliphatic carbocycles.